The lowest BCUT2D eigenvalue weighted by Gasteiger charge is -2.19. The number of alkyl halides is 3. The lowest BCUT2D eigenvalue weighted by Crippen LogP contribution is -2.13. The third-order valence-electron chi connectivity index (χ3n) is 15.2. The number of anilines is 8. The van der Waals surface area contributed by atoms with Gasteiger partial charge >= 0.3 is 6.18 Å². The molecule has 0 radical (unpaired) electrons. The molecule has 0 aliphatic carbocycles. The number of rotatable bonds is 20. The lowest BCUT2D eigenvalue weighted by molar-refractivity contribution is -0.137. The summed E-state index contributed by atoms with van der Waals surface area (Å²) in [4.78, 5) is 105. The van der Waals surface area contributed by atoms with Crippen LogP contribution in [-0.2, 0) is 31.9 Å². The highest BCUT2D eigenvalue weighted by atomic mass is 35.5. The average Bonchev–Trinajstić information content (AvgIpc) is 0.938. The maximum absolute atomic E-state index is 14.0. The van der Waals surface area contributed by atoms with Gasteiger partial charge in [-0.3, -0.25) is 34.1 Å². The standard InChI is InChI=1S/C19H17ClN4O.C19H14F4N4O.C19H14FN5O.C17H15ClN4OS/c1-13-3-14(9-21-8-13)4-19(25)15-5-16(20)7-17(6-15)24(2)18-10-22-12-23-11-18;1-27(17-9-24-11-25-10-17)16-5-12(4-14(20)6-16)18(28)7-15-3-2-13(8-26-15)19(21,22)23;1-25(18-10-22-12-23-11-18)17-5-14(4-15(20)6-17)19(26)7-16-3-2-13(8-21)9-24-16;1-11-9-24-17(21-11)6-16(23)12-3-13(18)5-14(4-12)22(2)15-7-19-10-20-8-15/h3,5-12H,4H2,1-2H3;2-6,8-11H,7H2,1H3;2-6,9-12H,7H2,1H3;3-5,7-10H,6H2,1-2H3. The number of aromatic nitrogens is 12. The summed E-state index contributed by atoms with van der Waals surface area (Å²) in [7, 11) is 7.16. The Kier molecular flexibility index (Phi) is 25.7. The average molecular weight is 1450 g/mol. The number of ketones is 4. The number of carbonyl (C=O) groups excluding carboxylic acids is 4. The maximum atomic E-state index is 14.0. The molecule has 29 heteroatoms. The lowest BCUT2D eigenvalue weighted by atomic mass is 10.0. The molecular weight excluding hydrogens is 1390 g/mol. The van der Waals surface area contributed by atoms with E-state index in [0.717, 1.165) is 62.8 Å². The molecular formula is C74H60Cl2F5N17O4S. The van der Waals surface area contributed by atoms with E-state index in [1.165, 1.54) is 79.5 Å². The third-order valence-corrected chi connectivity index (χ3v) is 16.6. The van der Waals surface area contributed by atoms with Gasteiger partial charge in [0.15, 0.2) is 23.1 Å². The van der Waals surface area contributed by atoms with Gasteiger partial charge in [0.05, 0.1) is 103 Å². The number of aryl methyl sites for hydroxylation is 2. The summed E-state index contributed by atoms with van der Waals surface area (Å²) < 4.78 is 65.8. The number of nitriles is 1. The number of halogens is 7. The number of benzene rings is 4. The van der Waals surface area contributed by atoms with Gasteiger partial charge in [0.25, 0.3) is 0 Å². The van der Waals surface area contributed by atoms with Crippen LogP contribution in [0.4, 0.5) is 67.5 Å². The molecule has 0 spiro atoms. The fourth-order valence-electron chi connectivity index (χ4n) is 9.72. The number of Topliss-reactive ketones (excluding diaryl/α,β-unsaturated/α-hetero) is 4. The van der Waals surface area contributed by atoms with E-state index in [2.05, 4.69) is 59.8 Å². The van der Waals surface area contributed by atoms with Crippen LogP contribution in [0.15, 0.2) is 208 Å². The van der Waals surface area contributed by atoms with Crippen molar-refractivity contribution in [1.29, 1.82) is 5.26 Å². The molecule has 0 aliphatic heterocycles. The highest BCUT2D eigenvalue weighted by molar-refractivity contribution is 7.09. The van der Waals surface area contributed by atoms with Crippen molar-refractivity contribution >= 4 is 103 Å². The van der Waals surface area contributed by atoms with E-state index >= 15 is 0 Å². The SMILES string of the molecule is CN(c1cncnc1)c1cc(F)cc(C(=O)Cc2ccc(C#N)cn2)c1.CN(c1cncnc1)c1cc(F)cc(C(=O)Cc2ccc(C(F)(F)F)cn2)c1.Cc1cncc(CC(=O)c2cc(Cl)cc(N(C)c3cncnc3)c2)c1.Cc1csc(CC(=O)c2cc(Cl)cc(N(C)c3cncnc3)c2)n1. The summed E-state index contributed by atoms with van der Waals surface area (Å²) in [6.07, 6.45) is 20.2. The smallest absolute Gasteiger partial charge is 0.342 e. The molecule has 8 heterocycles. The molecule has 0 saturated carbocycles. The van der Waals surface area contributed by atoms with Crippen molar-refractivity contribution in [3.05, 3.63) is 296 Å². The molecule has 8 aromatic heterocycles. The van der Waals surface area contributed by atoms with Crippen molar-refractivity contribution < 1.29 is 41.1 Å². The van der Waals surface area contributed by atoms with E-state index < -0.39 is 29.2 Å². The number of hydrogen-bond acceptors (Lipinski definition) is 22. The Morgan fingerprint density at radius 3 is 1.19 bits per heavy atom. The second-order valence-corrected chi connectivity index (χ2v) is 24.6. The Morgan fingerprint density at radius 1 is 0.447 bits per heavy atom. The minimum absolute atomic E-state index is 0.00568. The second kappa shape index (κ2) is 35.3. The topological polar surface area (TPSA) is 260 Å². The fraction of sp³-hybridized carbons (Fsp3) is 0.149. The number of carbonyl (C=O) groups is 4. The highest BCUT2D eigenvalue weighted by Crippen LogP contribution is 2.33. The van der Waals surface area contributed by atoms with Crippen LogP contribution in [-0.4, -0.2) is 111 Å². The van der Waals surface area contributed by atoms with Gasteiger partial charge in [-0.2, -0.15) is 18.4 Å². The summed E-state index contributed by atoms with van der Waals surface area (Å²) >= 11 is 13.9. The Morgan fingerprint density at radius 2 is 0.835 bits per heavy atom. The molecule has 0 aliphatic rings. The minimum atomic E-state index is -4.50. The van der Waals surface area contributed by atoms with E-state index in [4.69, 9.17) is 28.5 Å². The first-order chi connectivity index (χ1) is 49.3. The van der Waals surface area contributed by atoms with E-state index in [1.807, 2.05) is 67.4 Å². The molecule has 0 bridgehead atoms. The second-order valence-electron chi connectivity index (χ2n) is 22.8. The molecule has 12 rings (SSSR count). The van der Waals surface area contributed by atoms with Crippen LogP contribution in [0.5, 0.6) is 0 Å². The van der Waals surface area contributed by atoms with Crippen molar-refractivity contribution in [2.24, 2.45) is 0 Å². The van der Waals surface area contributed by atoms with Crippen LogP contribution in [0.2, 0.25) is 10.0 Å². The molecule has 0 fully saturated rings. The predicted octanol–water partition coefficient (Wildman–Crippen LogP) is 15.4. The highest BCUT2D eigenvalue weighted by Gasteiger charge is 2.31. The first-order valence-electron chi connectivity index (χ1n) is 30.8. The molecule has 4 aromatic carbocycles. The molecule has 0 saturated heterocycles. The van der Waals surface area contributed by atoms with Crippen molar-refractivity contribution in [2.45, 2.75) is 45.7 Å². The third kappa shape index (κ3) is 21.7. The summed E-state index contributed by atoms with van der Waals surface area (Å²) in [6.45, 7) is 3.87. The van der Waals surface area contributed by atoms with Crippen LogP contribution in [0.3, 0.4) is 0 Å². The quantitative estimate of drug-likeness (QED) is 0.0507. The number of hydrogen-bond donors (Lipinski definition) is 0. The number of thiazole rings is 1. The molecule has 12 aromatic rings. The normalized spacial score (nSPS) is 10.7. The van der Waals surface area contributed by atoms with Gasteiger partial charge in [-0.25, -0.2) is 53.6 Å². The van der Waals surface area contributed by atoms with Crippen LogP contribution in [0.1, 0.15) is 85.8 Å². The first kappa shape index (κ1) is 75.1. The van der Waals surface area contributed by atoms with Crippen LogP contribution < -0.4 is 19.6 Å². The van der Waals surface area contributed by atoms with Gasteiger partial charge in [0, 0.05) is 137 Å². The van der Waals surface area contributed by atoms with Crippen molar-refractivity contribution in [2.75, 3.05) is 47.8 Å². The van der Waals surface area contributed by atoms with Crippen molar-refractivity contribution in [1.82, 2.24) is 59.8 Å². The van der Waals surface area contributed by atoms with Crippen LogP contribution >= 0.6 is 34.5 Å². The predicted molar refractivity (Wildman–Crippen MR) is 382 cm³/mol. The van der Waals surface area contributed by atoms with Gasteiger partial charge < -0.3 is 19.6 Å². The van der Waals surface area contributed by atoms with E-state index in [-0.39, 0.29) is 59.9 Å². The van der Waals surface area contributed by atoms with E-state index in [0.29, 0.717) is 61.4 Å². The molecule has 0 amide bonds. The molecule has 0 atom stereocenters. The Bertz CT molecular complexity index is 4960. The summed E-state index contributed by atoms with van der Waals surface area (Å²) in [5.74, 6) is -1.88. The molecule has 0 N–H and O–H groups in total. The van der Waals surface area contributed by atoms with Crippen LogP contribution in [0, 0.1) is 36.8 Å². The summed E-state index contributed by atoms with van der Waals surface area (Å²) in [6, 6.07) is 27.7. The van der Waals surface area contributed by atoms with Gasteiger partial charge in [0.2, 0.25) is 0 Å². The van der Waals surface area contributed by atoms with Crippen molar-refractivity contribution in [3.8, 4) is 6.07 Å². The maximum Gasteiger partial charge on any atom is 0.417 e. The fourth-order valence-corrected chi connectivity index (χ4v) is 10.9. The number of pyridine rings is 3. The summed E-state index contributed by atoms with van der Waals surface area (Å²) in [5.41, 5.74) is 9.90. The Balaban J connectivity index is 0.000000160. The Hall–Kier alpha value is -12.1. The van der Waals surface area contributed by atoms with Gasteiger partial charge in [-0.05, 0) is 122 Å². The molecule has 0 unspecified atom stereocenters. The van der Waals surface area contributed by atoms with Crippen LogP contribution in [0.25, 0.3) is 0 Å². The minimum Gasteiger partial charge on any atom is -0.342 e. The molecule has 21 nitrogen and oxygen atoms in total. The zero-order valence-electron chi connectivity index (χ0n) is 55.7. The van der Waals surface area contributed by atoms with Gasteiger partial charge in [-0.1, -0.05) is 29.3 Å². The zero-order chi connectivity index (χ0) is 73.7. The summed E-state index contributed by atoms with van der Waals surface area (Å²) in [5, 5.41) is 12.5. The Labute approximate surface area is 602 Å². The van der Waals surface area contributed by atoms with E-state index in [1.54, 1.807) is 116 Å². The van der Waals surface area contributed by atoms with E-state index in [9.17, 15) is 41.1 Å². The molecule has 520 valence electrons. The largest absolute Gasteiger partial charge is 0.417 e. The monoisotopic (exact) mass is 1450 g/mol. The molecule has 103 heavy (non-hydrogen) atoms. The van der Waals surface area contributed by atoms with Crippen molar-refractivity contribution in [3.63, 3.8) is 0 Å². The van der Waals surface area contributed by atoms with Gasteiger partial charge in [0.1, 0.15) is 48.0 Å². The first-order valence-corrected chi connectivity index (χ1v) is 32.5. The number of nitrogens with zero attached hydrogens (tertiary/aromatic N) is 17. The zero-order valence-corrected chi connectivity index (χ0v) is 58.1. The van der Waals surface area contributed by atoms with Gasteiger partial charge in [-0.15, -0.1) is 11.3 Å².